The molecular formula is C65H51Ir2N12-4. The van der Waals surface area contributed by atoms with Crippen LogP contribution in [0.25, 0.3) is 44.2 Å². The molecule has 6 aromatic carbocycles. The van der Waals surface area contributed by atoms with Gasteiger partial charge in [-0.3, -0.25) is 29.0 Å². The Bertz CT molecular complexity index is 3220. The van der Waals surface area contributed by atoms with E-state index in [1.807, 2.05) is 219 Å². The fraction of sp³-hybridized carbons (Fsp3) is 0.0154. The van der Waals surface area contributed by atoms with E-state index in [0.717, 1.165) is 67.8 Å². The molecule has 10 aromatic rings. The molecule has 4 aromatic heterocycles. The van der Waals surface area contributed by atoms with E-state index < -0.39 is 0 Å². The molecule has 79 heavy (non-hydrogen) atoms. The molecule has 393 valence electrons. The van der Waals surface area contributed by atoms with E-state index >= 15 is 0 Å². The van der Waals surface area contributed by atoms with Crippen LogP contribution in [0.3, 0.4) is 0 Å². The summed E-state index contributed by atoms with van der Waals surface area (Å²) in [5.41, 5.74) is 11.0. The number of allylic oxidation sites excluding steroid dienone is 7. The number of hydrogen-bond donors (Lipinski definition) is 0. The third kappa shape index (κ3) is 18.7. The predicted octanol–water partition coefficient (Wildman–Crippen LogP) is 14.6. The van der Waals surface area contributed by atoms with Gasteiger partial charge in [-0.25, -0.2) is 0 Å². The van der Waals surface area contributed by atoms with Gasteiger partial charge in [0.25, 0.3) is 0 Å². The molecule has 0 amide bonds. The van der Waals surface area contributed by atoms with E-state index in [0.29, 0.717) is 0 Å². The fourth-order valence-corrected chi connectivity index (χ4v) is 7.20. The summed E-state index contributed by atoms with van der Waals surface area (Å²) in [6.45, 7) is 0. The van der Waals surface area contributed by atoms with Crippen LogP contribution in [0.5, 0.6) is 0 Å². The average molecular weight is 1380 g/mol. The topological polar surface area (TPSA) is 134 Å². The molecule has 2 aliphatic rings. The van der Waals surface area contributed by atoms with Crippen molar-refractivity contribution in [1.82, 2.24) is 39.3 Å². The quantitative estimate of drug-likeness (QED) is 0.0993. The van der Waals surface area contributed by atoms with Crippen molar-refractivity contribution >= 4 is 23.0 Å². The standard InChI is InChI=1S/C28H20N4.C10H10N2.3C9H7N2.2Ir/c1-3-11-21(12-4-1)27(23-15-7-9-17-29-23)25-19-32-26(20-31-25)28(22-13-5-2-6-14-22)24-16-8-10-18-30-24;1-11-8-5-9-12-10-6-3-2-4-7-10;3*1-2-5-9(6-3-1)11-8-4-7-10-11;;/h1-20H;2-6,8-9H,1H3;3*1-5,7-8H;;/q2*-2;3*-1;;+3/b27-23-,28-24-;8-5-,12-9?;;;;;. The molecule has 14 heteroatoms. The molecule has 0 saturated heterocycles. The normalized spacial score (nSPS) is 12.9. The first-order chi connectivity index (χ1) is 38.2. The maximum atomic E-state index is 4.82. The van der Waals surface area contributed by atoms with Crippen LogP contribution in [-0.4, -0.2) is 52.6 Å². The summed E-state index contributed by atoms with van der Waals surface area (Å²) >= 11 is 0. The van der Waals surface area contributed by atoms with Crippen LogP contribution >= 0.6 is 0 Å². The Labute approximate surface area is 489 Å². The molecule has 0 spiro atoms. The SMILES string of the molecule is C1=C[N-]/C(=C(/c2ccccc2)c2cnc(/C(=C3/C=CC=C[N-]3)c3ccccc3)cn2)C=C1.C[N-]/C=C\C=Nc1[c-]cccc1.[Ir+3].[Ir].[c-]1ccccc1-n1cccn1.[c-]1ccccc1-n1cccn1.[c-]1ccccc1-n1cccn1. The van der Waals surface area contributed by atoms with Crippen molar-refractivity contribution < 1.29 is 40.2 Å². The van der Waals surface area contributed by atoms with Crippen LogP contribution in [0.1, 0.15) is 22.5 Å². The largest absolute Gasteiger partial charge is 3.00 e. The Hall–Kier alpha value is -9.42. The Morgan fingerprint density at radius 3 is 1.22 bits per heavy atom. The molecule has 0 atom stereocenters. The molecule has 0 bridgehead atoms. The van der Waals surface area contributed by atoms with Gasteiger partial charge in [0.1, 0.15) is 0 Å². The van der Waals surface area contributed by atoms with Gasteiger partial charge in [0.05, 0.1) is 23.8 Å². The molecule has 0 N–H and O–H groups in total. The third-order valence-corrected chi connectivity index (χ3v) is 10.7. The Morgan fingerprint density at radius 1 is 0.494 bits per heavy atom. The van der Waals surface area contributed by atoms with Crippen molar-refractivity contribution in [2.45, 2.75) is 0 Å². The van der Waals surface area contributed by atoms with E-state index in [1.54, 1.807) is 70.6 Å². The first-order valence-electron chi connectivity index (χ1n) is 24.4. The number of aromatic nitrogens is 8. The summed E-state index contributed by atoms with van der Waals surface area (Å²) in [4.78, 5) is 13.7. The monoisotopic (exact) mass is 1390 g/mol. The zero-order valence-corrected chi connectivity index (χ0v) is 47.5. The van der Waals surface area contributed by atoms with Crippen LogP contribution in [-0.2, 0) is 40.2 Å². The molecule has 12 nitrogen and oxygen atoms in total. The van der Waals surface area contributed by atoms with Crippen molar-refractivity contribution in [1.29, 1.82) is 0 Å². The molecule has 1 radical (unpaired) electrons. The molecule has 6 heterocycles. The van der Waals surface area contributed by atoms with Crippen LogP contribution in [0.4, 0.5) is 5.69 Å². The summed E-state index contributed by atoms with van der Waals surface area (Å²) in [5, 5.41) is 25.1. The van der Waals surface area contributed by atoms with Crippen molar-refractivity contribution in [3.05, 3.63) is 361 Å². The molecule has 0 aliphatic carbocycles. The minimum atomic E-state index is 0. The molecular weight excluding hydrogens is 1330 g/mol. The predicted molar refractivity (Wildman–Crippen MR) is 309 cm³/mol. The molecule has 0 saturated carbocycles. The number of nitrogens with zero attached hydrogens (tertiary/aromatic N) is 12. The summed E-state index contributed by atoms with van der Waals surface area (Å²) in [7, 11) is 1.72. The first-order valence-corrected chi connectivity index (χ1v) is 24.4. The van der Waals surface area contributed by atoms with Crippen LogP contribution in [0, 0.1) is 24.3 Å². The van der Waals surface area contributed by atoms with Gasteiger partial charge in [0.15, 0.2) is 0 Å². The van der Waals surface area contributed by atoms with E-state index in [2.05, 4.69) is 84.8 Å². The van der Waals surface area contributed by atoms with Gasteiger partial charge in [0, 0.05) is 63.5 Å². The van der Waals surface area contributed by atoms with Gasteiger partial charge < -0.3 is 16.0 Å². The van der Waals surface area contributed by atoms with E-state index in [9.17, 15) is 0 Å². The van der Waals surface area contributed by atoms with Gasteiger partial charge >= 0.3 is 20.1 Å². The van der Waals surface area contributed by atoms with Crippen molar-refractivity contribution in [3.63, 3.8) is 0 Å². The number of rotatable bonds is 10. The van der Waals surface area contributed by atoms with Gasteiger partial charge in [-0.05, 0) is 63.2 Å². The van der Waals surface area contributed by atoms with Crippen LogP contribution < -0.4 is 0 Å². The second-order valence-electron chi connectivity index (χ2n) is 15.9. The minimum Gasteiger partial charge on any atom is -0.693 e. The zero-order chi connectivity index (χ0) is 52.8. The number of aliphatic imine (C=N–C) groups is 1. The van der Waals surface area contributed by atoms with E-state index in [-0.39, 0.29) is 40.2 Å². The van der Waals surface area contributed by atoms with Gasteiger partial charge in [0.2, 0.25) is 0 Å². The Kier molecular flexibility index (Phi) is 25.0. The van der Waals surface area contributed by atoms with E-state index in [4.69, 9.17) is 9.97 Å². The second-order valence-corrected chi connectivity index (χ2v) is 15.9. The molecule has 0 fully saturated rings. The number of para-hydroxylation sites is 4. The zero-order valence-electron chi connectivity index (χ0n) is 42.7. The summed E-state index contributed by atoms with van der Waals surface area (Å²) in [5.74, 6) is 0. The summed E-state index contributed by atoms with van der Waals surface area (Å²) < 4.78 is 5.33. The number of benzene rings is 6. The van der Waals surface area contributed by atoms with Crippen molar-refractivity contribution in [2.75, 3.05) is 7.05 Å². The van der Waals surface area contributed by atoms with Gasteiger partial charge in [-0.2, -0.15) is 131 Å². The first kappa shape index (κ1) is 58.8. The van der Waals surface area contributed by atoms with E-state index in [1.165, 1.54) is 0 Å². The maximum Gasteiger partial charge on any atom is 3.00 e. The second kappa shape index (κ2) is 33.6. The molecule has 0 unspecified atom stereocenters. The average Bonchev–Trinajstić information content (AvgIpc) is 4.37. The van der Waals surface area contributed by atoms with Crippen LogP contribution in [0.15, 0.2) is 303 Å². The smallest absolute Gasteiger partial charge is 0.693 e. The van der Waals surface area contributed by atoms with Crippen molar-refractivity contribution in [2.24, 2.45) is 4.99 Å². The van der Waals surface area contributed by atoms with Gasteiger partial charge in [-0.1, -0.05) is 103 Å². The third-order valence-electron chi connectivity index (χ3n) is 10.7. The number of hydrogen-bond acceptors (Lipinski definition) is 6. The van der Waals surface area contributed by atoms with Gasteiger partial charge in [-0.15, -0.1) is 42.7 Å². The summed E-state index contributed by atoms with van der Waals surface area (Å²) in [6.07, 6.45) is 35.1. The fourth-order valence-electron chi connectivity index (χ4n) is 7.20. The molecule has 12 rings (SSSR count). The Morgan fingerprint density at radius 2 is 0.899 bits per heavy atom. The van der Waals surface area contributed by atoms with Crippen LogP contribution in [0.2, 0.25) is 0 Å². The minimum absolute atomic E-state index is 0. The summed E-state index contributed by atoms with van der Waals surface area (Å²) in [6, 6.07) is 69.0. The maximum absolute atomic E-state index is 4.82. The van der Waals surface area contributed by atoms with Crippen molar-refractivity contribution in [3.8, 4) is 17.1 Å². The molecule has 2 aliphatic heterocycles. The Balaban J connectivity index is 0.000000177.